The van der Waals surface area contributed by atoms with Crippen molar-refractivity contribution in [3.63, 3.8) is 0 Å². The maximum Gasteiger partial charge on any atom is 0.0117 e. The Kier molecular flexibility index (Phi) is 5.51. The number of hydrogen-bond donors (Lipinski definition) is 0. The van der Waals surface area contributed by atoms with Crippen LogP contribution in [0.15, 0.2) is 0 Å². The molecule has 0 aromatic carbocycles. The van der Waals surface area contributed by atoms with Gasteiger partial charge in [-0.25, -0.2) is 0 Å². The van der Waals surface area contributed by atoms with Gasteiger partial charge in [-0.1, -0.05) is 12.8 Å². The van der Waals surface area contributed by atoms with Gasteiger partial charge in [-0.15, -0.1) is 23.7 Å². The summed E-state index contributed by atoms with van der Waals surface area (Å²) in [7, 11) is 0. The molecule has 2 atom stereocenters. The van der Waals surface area contributed by atoms with Crippen molar-refractivity contribution in [2.75, 3.05) is 0 Å². The summed E-state index contributed by atoms with van der Waals surface area (Å²) in [5.41, 5.74) is 0. The van der Waals surface area contributed by atoms with Crippen molar-refractivity contribution in [2.45, 2.75) is 70.6 Å². The van der Waals surface area contributed by atoms with Crippen molar-refractivity contribution in [3.8, 4) is 23.7 Å². The molecule has 2 aliphatic carbocycles. The van der Waals surface area contributed by atoms with Gasteiger partial charge in [-0.3, -0.25) is 0 Å². The lowest BCUT2D eigenvalue weighted by atomic mass is 9.78. The predicted molar refractivity (Wildman–Crippen MR) is 73.3 cm³/mol. The molecule has 0 amide bonds. The summed E-state index contributed by atoms with van der Waals surface area (Å²) >= 11 is 0. The second-order valence-electron chi connectivity index (χ2n) is 5.57. The minimum Gasteiger partial charge on any atom is -0.103 e. The molecule has 2 bridgehead atoms. The first kappa shape index (κ1) is 12.6. The van der Waals surface area contributed by atoms with Crippen molar-refractivity contribution in [2.24, 2.45) is 11.8 Å². The van der Waals surface area contributed by atoms with Gasteiger partial charge in [-0.2, -0.15) is 0 Å². The van der Waals surface area contributed by atoms with Crippen LogP contribution >= 0.6 is 0 Å². The van der Waals surface area contributed by atoms with E-state index in [-0.39, 0.29) is 0 Å². The molecule has 2 aliphatic rings. The van der Waals surface area contributed by atoms with Crippen LogP contribution < -0.4 is 0 Å². The zero-order valence-corrected chi connectivity index (χ0v) is 10.9. The molecule has 17 heavy (non-hydrogen) atoms. The third-order valence-corrected chi connectivity index (χ3v) is 4.03. The topological polar surface area (TPSA) is 0 Å². The molecule has 0 heteroatoms. The van der Waals surface area contributed by atoms with Gasteiger partial charge in [0.25, 0.3) is 0 Å². The Bertz CT molecular complexity index is 299. The molecule has 2 unspecified atom stereocenters. The molecule has 1 saturated carbocycles. The summed E-state index contributed by atoms with van der Waals surface area (Å²) in [5, 5.41) is 0. The van der Waals surface area contributed by atoms with Gasteiger partial charge in [0.2, 0.25) is 0 Å². The van der Waals surface area contributed by atoms with E-state index in [4.69, 9.17) is 0 Å². The van der Waals surface area contributed by atoms with Crippen molar-refractivity contribution in [3.05, 3.63) is 0 Å². The Labute approximate surface area is 107 Å². The Hall–Kier alpha value is -0.880. The molecule has 2 rings (SSSR count). The van der Waals surface area contributed by atoms with E-state index in [2.05, 4.69) is 23.7 Å². The van der Waals surface area contributed by atoms with Gasteiger partial charge in [0.1, 0.15) is 0 Å². The smallest absolute Gasteiger partial charge is 0.0117 e. The van der Waals surface area contributed by atoms with Crippen molar-refractivity contribution in [1.82, 2.24) is 0 Å². The summed E-state index contributed by atoms with van der Waals surface area (Å²) < 4.78 is 0. The van der Waals surface area contributed by atoms with Crippen LogP contribution in [0.4, 0.5) is 0 Å². The second-order valence-corrected chi connectivity index (χ2v) is 5.57. The highest BCUT2D eigenvalue weighted by atomic mass is 14.2. The molecule has 0 aromatic rings. The van der Waals surface area contributed by atoms with Gasteiger partial charge in [0, 0.05) is 25.7 Å². The fourth-order valence-electron chi connectivity index (χ4n) is 2.99. The van der Waals surface area contributed by atoms with E-state index in [0.717, 1.165) is 37.5 Å². The number of rotatable bonds is 0. The molecular weight excluding hydrogens is 204 g/mol. The van der Waals surface area contributed by atoms with Crippen LogP contribution in [-0.2, 0) is 0 Å². The number of fused-ring (bicyclic) bond motifs is 2. The molecule has 1 fully saturated rings. The molecule has 0 nitrogen and oxygen atoms in total. The summed E-state index contributed by atoms with van der Waals surface area (Å²) in [5.74, 6) is 15.3. The Balaban J connectivity index is 1.89. The van der Waals surface area contributed by atoms with Gasteiger partial charge in [0.15, 0.2) is 0 Å². The maximum atomic E-state index is 3.41. The van der Waals surface area contributed by atoms with Crippen LogP contribution in [0.3, 0.4) is 0 Å². The standard InChI is InChI=1S/C17H24/c1-2-4-6-8-11-16-13-10-14-17(15-16)12-9-7-5-3-1/h16-17H,1-5,10-15H2. The van der Waals surface area contributed by atoms with Gasteiger partial charge >= 0.3 is 0 Å². The van der Waals surface area contributed by atoms with E-state index in [1.165, 1.54) is 44.9 Å². The summed E-state index contributed by atoms with van der Waals surface area (Å²) in [6.45, 7) is 0. The number of hydrogen-bond acceptors (Lipinski definition) is 0. The van der Waals surface area contributed by atoms with E-state index in [1.54, 1.807) is 0 Å². The van der Waals surface area contributed by atoms with E-state index < -0.39 is 0 Å². The average molecular weight is 228 g/mol. The van der Waals surface area contributed by atoms with Crippen molar-refractivity contribution < 1.29 is 0 Å². The van der Waals surface area contributed by atoms with Gasteiger partial charge < -0.3 is 0 Å². The third-order valence-electron chi connectivity index (χ3n) is 4.03. The molecule has 0 N–H and O–H groups in total. The van der Waals surface area contributed by atoms with Gasteiger partial charge in [0.05, 0.1) is 0 Å². The van der Waals surface area contributed by atoms with E-state index >= 15 is 0 Å². The van der Waals surface area contributed by atoms with Gasteiger partial charge in [-0.05, 0) is 43.9 Å². The van der Waals surface area contributed by atoms with E-state index in [9.17, 15) is 0 Å². The molecule has 0 aromatic heterocycles. The lowest BCUT2D eigenvalue weighted by Crippen LogP contribution is -2.14. The quantitative estimate of drug-likeness (QED) is 0.534. The summed E-state index contributed by atoms with van der Waals surface area (Å²) in [6, 6.07) is 0. The molecular formula is C17H24. The maximum absolute atomic E-state index is 3.41. The largest absolute Gasteiger partial charge is 0.103 e. The summed E-state index contributed by atoms with van der Waals surface area (Å²) in [4.78, 5) is 0. The van der Waals surface area contributed by atoms with Crippen LogP contribution in [0.25, 0.3) is 0 Å². The molecule has 0 aliphatic heterocycles. The van der Waals surface area contributed by atoms with Crippen molar-refractivity contribution >= 4 is 0 Å². The Morgan fingerprint density at radius 3 is 1.76 bits per heavy atom. The predicted octanol–water partition coefficient (Wildman–Crippen LogP) is 4.54. The fourth-order valence-corrected chi connectivity index (χ4v) is 2.99. The highest BCUT2D eigenvalue weighted by Crippen LogP contribution is 2.32. The zero-order valence-electron chi connectivity index (χ0n) is 10.9. The third kappa shape index (κ3) is 4.87. The molecule has 0 heterocycles. The highest BCUT2D eigenvalue weighted by Gasteiger charge is 2.20. The first-order chi connectivity index (χ1) is 8.45. The van der Waals surface area contributed by atoms with Crippen LogP contribution in [0, 0.1) is 35.5 Å². The molecule has 0 radical (unpaired) electrons. The normalized spacial score (nSPS) is 30.1. The Morgan fingerprint density at radius 2 is 1.18 bits per heavy atom. The van der Waals surface area contributed by atoms with Crippen LogP contribution in [0.5, 0.6) is 0 Å². The first-order valence-corrected chi connectivity index (χ1v) is 7.36. The second kappa shape index (κ2) is 7.45. The SMILES string of the molecule is C1#CCC2CCCC(CC#CCCCCC1)C2. The van der Waals surface area contributed by atoms with Crippen LogP contribution in [0.1, 0.15) is 70.6 Å². The molecule has 0 spiro atoms. The van der Waals surface area contributed by atoms with E-state index in [1.807, 2.05) is 0 Å². The minimum atomic E-state index is 0.867. The lowest BCUT2D eigenvalue weighted by molar-refractivity contribution is 0.274. The highest BCUT2D eigenvalue weighted by molar-refractivity contribution is 5.03. The fraction of sp³-hybridized carbons (Fsp3) is 0.765. The Morgan fingerprint density at radius 1 is 0.588 bits per heavy atom. The molecule has 0 saturated heterocycles. The first-order valence-electron chi connectivity index (χ1n) is 7.36. The lowest BCUT2D eigenvalue weighted by Gasteiger charge is -2.26. The minimum absolute atomic E-state index is 0.867. The van der Waals surface area contributed by atoms with Crippen LogP contribution in [0.2, 0.25) is 0 Å². The monoisotopic (exact) mass is 228 g/mol. The summed E-state index contributed by atoms with van der Waals surface area (Å²) in [6.07, 6.45) is 13.9. The zero-order chi connectivity index (χ0) is 11.8. The van der Waals surface area contributed by atoms with Crippen molar-refractivity contribution in [1.29, 1.82) is 0 Å². The average Bonchev–Trinajstić information content (AvgIpc) is 2.36. The van der Waals surface area contributed by atoms with Crippen LogP contribution in [-0.4, -0.2) is 0 Å². The van der Waals surface area contributed by atoms with E-state index in [0.29, 0.717) is 0 Å². The molecule has 92 valence electrons.